The van der Waals surface area contributed by atoms with Crippen molar-refractivity contribution < 1.29 is 24.2 Å². The highest BCUT2D eigenvalue weighted by molar-refractivity contribution is 6.34. The highest BCUT2D eigenvalue weighted by Crippen LogP contribution is 2.53. The van der Waals surface area contributed by atoms with E-state index in [1.54, 1.807) is 33.9 Å². The first-order valence-electron chi connectivity index (χ1n) is 12.6. The number of anilines is 1. The van der Waals surface area contributed by atoms with Crippen molar-refractivity contribution in [1.29, 1.82) is 0 Å². The van der Waals surface area contributed by atoms with Crippen LogP contribution in [0.15, 0.2) is 48.6 Å². The minimum Gasteiger partial charge on any atom is -0.396 e. The summed E-state index contributed by atoms with van der Waals surface area (Å²) >= 11 is 6.47. The number of nitrogens with zero attached hydrogens (tertiary/aromatic N) is 3. The van der Waals surface area contributed by atoms with Crippen molar-refractivity contribution in [3.63, 3.8) is 0 Å². The van der Waals surface area contributed by atoms with Gasteiger partial charge in [-0.15, -0.1) is 0 Å². The second-order valence-electron chi connectivity index (χ2n) is 9.96. The van der Waals surface area contributed by atoms with Crippen LogP contribution in [0.5, 0.6) is 0 Å². The second-order valence-corrected chi connectivity index (χ2v) is 10.4. The van der Waals surface area contributed by atoms with E-state index in [9.17, 15) is 14.4 Å². The summed E-state index contributed by atoms with van der Waals surface area (Å²) in [7, 11) is 1.73. The first-order chi connectivity index (χ1) is 17.4. The van der Waals surface area contributed by atoms with Crippen LogP contribution in [0.25, 0.3) is 0 Å². The van der Waals surface area contributed by atoms with Crippen LogP contribution in [0, 0.1) is 11.8 Å². The third-order valence-corrected chi connectivity index (χ3v) is 8.13. The molecule has 8 nitrogen and oxygen atoms in total. The number of aliphatic hydroxyl groups excluding tert-OH is 1. The minimum atomic E-state index is -1.23. The Labute approximate surface area is 216 Å². The monoisotopic (exact) mass is 513 g/mol. The van der Waals surface area contributed by atoms with E-state index in [2.05, 4.69) is 0 Å². The fraction of sp³-hybridized carbons (Fsp3) is 0.519. The standard InChI is InChI=1S/C27H32ClN3O5/c1-29-14-8-12-20-21(24(29)33)22-25(34)31(15-6-2-3-7-17-32)23-26(35)30(16-9-13-27(22,23)36-20)19-11-5-4-10-18(19)28/h4-5,8-13,20-23,32H,2-3,6-7,14-17H2,1H3/t20-,21+,22+,23?,27+/m1/s1. The van der Waals surface area contributed by atoms with Gasteiger partial charge in [-0.05, 0) is 25.0 Å². The Morgan fingerprint density at radius 3 is 2.58 bits per heavy atom. The number of aliphatic hydroxyl groups is 1. The molecule has 4 aliphatic heterocycles. The lowest BCUT2D eigenvalue weighted by Crippen LogP contribution is -2.55. The molecule has 5 rings (SSSR count). The molecule has 5 atom stereocenters. The van der Waals surface area contributed by atoms with Crippen LogP contribution in [-0.2, 0) is 19.1 Å². The number of halogens is 1. The zero-order chi connectivity index (χ0) is 25.4. The van der Waals surface area contributed by atoms with Gasteiger partial charge < -0.3 is 24.5 Å². The SMILES string of the molecule is CN1CC=C[C@H]2O[C@]34C=CCN(c5ccccc5Cl)C(=O)C3N(CCCCCCO)C(=O)[C@@H]4[C@H]2C1=O. The van der Waals surface area contributed by atoms with E-state index in [0.29, 0.717) is 36.6 Å². The van der Waals surface area contributed by atoms with Gasteiger partial charge in [0.2, 0.25) is 11.8 Å². The molecule has 1 N–H and O–H groups in total. The normalized spacial score (nSPS) is 31.4. The van der Waals surface area contributed by atoms with Gasteiger partial charge in [0, 0.05) is 33.3 Å². The first kappa shape index (κ1) is 25.0. The summed E-state index contributed by atoms with van der Waals surface area (Å²) in [6.45, 7) is 1.25. The van der Waals surface area contributed by atoms with Gasteiger partial charge in [-0.2, -0.15) is 0 Å². The van der Waals surface area contributed by atoms with Crippen LogP contribution in [0.3, 0.4) is 0 Å². The maximum absolute atomic E-state index is 14.2. The topological polar surface area (TPSA) is 90.4 Å². The number of fused-ring (bicyclic) bond motifs is 2. The Morgan fingerprint density at radius 2 is 1.81 bits per heavy atom. The summed E-state index contributed by atoms with van der Waals surface area (Å²) in [4.78, 5) is 46.5. The van der Waals surface area contributed by atoms with Gasteiger partial charge in [-0.3, -0.25) is 14.4 Å². The Balaban J connectivity index is 1.55. The van der Waals surface area contributed by atoms with Crippen molar-refractivity contribution in [3.05, 3.63) is 53.6 Å². The summed E-state index contributed by atoms with van der Waals surface area (Å²) in [5.74, 6) is -2.09. The number of unbranched alkanes of at least 4 members (excludes halogenated alkanes) is 3. The van der Waals surface area contributed by atoms with Crippen LogP contribution in [0.1, 0.15) is 25.7 Å². The molecule has 1 unspecified atom stereocenters. The quantitative estimate of drug-likeness (QED) is 0.446. The minimum absolute atomic E-state index is 0.132. The molecule has 0 bridgehead atoms. The van der Waals surface area contributed by atoms with Crippen molar-refractivity contribution in [2.75, 3.05) is 38.2 Å². The molecule has 4 heterocycles. The number of hydrogen-bond acceptors (Lipinski definition) is 5. The van der Waals surface area contributed by atoms with Crippen LogP contribution in [0.4, 0.5) is 5.69 Å². The number of para-hydroxylation sites is 1. The highest BCUT2D eigenvalue weighted by Gasteiger charge is 2.71. The second kappa shape index (κ2) is 10.00. The van der Waals surface area contributed by atoms with Gasteiger partial charge in [0.1, 0.15) is 11.6 Å². The lowest BCUT2D eigenvalue weighted by molar-refractivity contribution is -0.143. The number of rotatable bonds is 7. The summed E-state index contributed by atoms with van der Waals surface area (Å²) in [6, 6.07) is 6.26. The molecule has 1 aromatic rings. The van der Waals surface area contributed by atoms with Gasteiger partial charge in [0.25, 0.3) is 5.91 Å². The van der Waals surface area contributed by atoms with Gasteiger partial charge in [0.05, 0.1) is 28.6 Å². The fourth-order valence-corrected chi connectivity index (χ4v) is 6.38. The van der Waals surface area contributed by atoms with E-state index >= 15 is 0 Å². The molecule has 2 fully saturated rings. The molecule has 9 heteroatoms. The number of amides is 3. The molecule has 3 amide bonds. The van der Waals surface area contributed by atoms with Gasteiger partial charge >= 0.3 is 0 Å². The van der Waals surface area contributed by atoms with Crippen molar-refractivity contribution in [2.45, 2.75) is 43.4 Å². The van der Waals surface area contributed by atoms with E-state index < -0.39 is 29.6 Å². The summed E-state index contributed by atoms with van der Waals surface area (Å²) in [5, 5.41) is 9.54. The number of likely N-dealkylation sites (N-methyl/N-ethyl adjacent to an activating group) is 1. The van der Waals surface area contributed by atoms with Crippen LogP contribution < -0.4 is 4.90 Å². The number of carbonyl (C=O) groups excluding carboxylic acids is 3. The maximum atomic E-state index is 14.2. The number of carbonyl (C=O) groups is 3. The summed E-state index contributed by atoms with van der Waals surface area (Å²) in [6.07, 6.45) is 9.93. The molecule has 36 heavy (non-hydrogen) atoms. The lowest BCUT2D eigenvalue weighted by Gasteiger charge is -2.35. The number of likely N-dealkylation sites (tertiary alicyclic amines) is 1. The Hall–Kier alpha value is -2.68. The molecule has 4 aliphatic rings. The van der Waals surface area contributed by atoms with Crippen LogP contribution in [-0.4, -0.2) is 83.7 Å². The number of hydrogen-bond donors (Lipinski definition) is 1. The van der Waals surface area contributed by atoms with E-state index in [0.717, 1.165) is 12.8 Å². The van der Waals surface area contributed by atoms with E-state index in [1.807, 2.05) is 36.4 Å². The van der Waals surface area contributed by atoms with Gasteiger partial charge in [-0.1, -0.05) is 60.9 Å². The van der Waals surface area contributed by atoms with E-state index in [1.165, 1.54) is 0 Å². The molecule has 192 valence electrons. The maximum Gasteiger partial charge on any atom is 0.253 e. The molecule has 0 aliphatic carbocycles. The van der Waals surface area contributed by atoms with Crippen molar-refractivity contribution in [3.8, 4) is 0 Å². The van der Waals surface area contributed by atoms with Crippen molar-refractivity contribution >= 4 is 35.0 Å². The van der Waals surface area contributed by atoms with E-state index in [4.69, 9.17) is 21.4 Å². The molecule has 0 radical (unpaired) electrons. The van der Waals surface area contributed by atoms with Crippen molar-refractivity contribution in [2.24, 2.45) is 11.8 Å². The molecule has 2 saturated heterocycles. The third-order valence-electron chi connectivity index (χ3n) is 7.81. The largest absolute Gasteiger partial charge is 0.396 e. The zero-order valence-electron chi connectivity index (χ0n) is 20.4. The number of ether oxygens (including phenoxy) is 1. The third kappa shape index (κ3) is 3.96. The van der Waals surface area contributed by atoms with Crippen LogP contribution in [0.2, 0.25) is 5.02 Å². The Morgan fingerprint density at radius 1 is 1.03 bits per heavy atom. The van der Waals surface area contributed by atoms with Crippen LogP contribution >= 0.6 is 11.6 Å². The highest BCUT2D eigenvalue weighted by atomic mass is 35.5. The van der Waals surface area contributed by atoms with E-state index in [-0.39, 0.29) is 30.9 Å². The first-order valence-corrected chi connectivity index (χ1v) is 13.0. The molecule has 0 aromatic heterocycles. The van der Waals surface area contributed by atoms with Gasteiger partial charge in [-0.25, -0.2) is 0 Å². The fourth-order valence-electron chi connectivity index (χ4n) is 6.14. The summed E-state index contributed by atoms with van der Waals surface area (Å²) < 4.78 is 6.59. The molecule has 1 spiro atoms. The van der Waals surface area contributed by atoms with Gasteiger partial charge in [0.15, 0.2) is 0 Å². The number of benzene rings is 1. The molecule has 0 saturated carbocycles. The zero-order valence-corrected chi connectivity index (χ0v) is 21.1. The average molecular weight is 514 g/mol. The predicted octanol–water partition coefficient (Wildman–Crippen LogP) is 2.40. The molecular weight excluding hydrogens is 482 g/mol. The predicted molar refractivity (Wildman–Crippen MR) is 135 cm³/mol. The Bertz CT molecular complexity index is 1110. The van der Waals surface area contributed by atoms with Crippen molar-refractivity contribution in [1.82, 2.24) is 9.80 Å². The average Bonchev–Trinajstić information content (AvgIpc) is 3.18. The lowest BCUT2D eigenvalue weighted by atomic mass is 9.77. The molecular formula is C27H32ClN3O5. The molecule has 1 aromatic carbocycles. The Kier molecular flexibility index (Phi) is 6.94. The smallest absolute Gasteiger partial charge is 0.253 e. The summed E-state index contributed by atoms with van der Waals surface area (Å²) in [5.41, 5.74) is -0.657.